The molecule has 0 aromatic heterocycles. The topological polar surface area (TPSA) is 86.8 Å². The fourth-order valence-electron chi connectivity index (χ4n) is 3.22. The molecular weight excluding hydrogens is 394 g/mol. The highest BCUT2D eigenvalue weighted by molar-refractivity contribution is 6.45. The number of nitrogens with one attached hydrogen (secondary N) is 1. The highest BCUT2D eigenvalue weighted by Crippen LogP contribution is 2.26. The van der Waals surface area contributed by atoms with Crippen molar-refractivity contribution in [1.29, 1.82) is 0 Å². The molecular formula is C21H20ClN3O4. The number of benzene rings is 2. The molecule has 1 aliphatic heterocycles. The van der Waals surface area contributed by atoms with Crippen molar-refractivity contribution in [1.82, 2.24) is 15.1 Å². The number of carbonyl (C=O) groups excluding carboxylic acids is 4. The molecule has 2 aromatic carbocycles. The quantitative estimate of drug-likeness (QED) is 0.582. The Morgan fingerprint density at radius 2 is 1.59 bits per heavy atom. The maximum Gasteiger partial charge on any atom is 0.335 e. The molecule has 1 aliphatic rings. The Kier molecular flexibility index (Phi) is 5.98. The van der Waals surface area contributed by atoms with Crippen molar-refractivity contribution in [3.8, 4) is 0 Å². The van der Waals surface area contributed by atoms with Gasteiger partial charge in [0.15, 0.2) is 0 Å². The molecule has 2 unspecified atom stereocenters. The second-order valence-electron chi connectivity index (χ2n) is 6.75. The van der Waals surface area contributed by atoms with Crippen molar-refractivity contribution in [2.75, 3.05) is 6.54 Å². The molecule has 29 heavy (non-hydrogen) atoms. The first kappa shape index (κ1) is 20.5. The van der Waals surface area contributed by atoms with Gasteiger partial charge in [-0.05, 0) is 31.0 Å². The minimum atomic E-state index is -1.02. The van der Waals surface area contributed by atoms with Crippen LogP contribution < -0.4 is 5.32 Å². The Morgan fingerprint density at radius 3 is 2.24 bits per heavy atom. The van der Waals surface area contributed by atoms with Crippen molar-refractivity contribution < 1.29 is 19.2 Å². The molecule has 0 radical (unpaired) electrons. The molecule has 3 rings (SSSR count). The van der Waals surface area contributed by atoms with Gasteiger partial charge < -0.3 is 5.32 Å². The Hall–Kier alpha value is -3.19. The van der Waals surface area contributed by atoms with Crippen LogP contribution in [0.2, 0.25) is 5.02 Å². The highest BCUT2D eigenvalue weighted by atomic mass is 35.5. The molecule has 1 fully saturated rings. The molecule has 1 saturated heterocycles. The zero-order valence-corrected chi connectivity index (χ0v) is 16.7. The van der Waals surface area contributed by atoms with E-state index in [9.17, 15) is 19.2 Å². The number of carbonyl (C=O) groups is 4. The van der Waals surface area contributed by atoms with E-state index < -0.39 is 42.4 Å². The number of rotatable bonds is 6. The summed E-state index contributed by atoms with van der Waals surface area (Å²) in [6, 6.07) is 14.1. The lowest BCUT2D eigenvalue weighted by Crippen LogP contribution is -2.42. The molecule has 5 amide bonds. The van der Waals surface area contributed by atoms with Gasteiger partial charge >= 0.3 is 17.8 Å². The third-order valence-corrected chi connectivity index (χ3v) is 5.15. The Bertz CT molecular complexity index is 963. The van der Waals surface area contributed by atoms with E-state index in [2.05, 4.69) is 5.32 Å². The van der Waals surface area contributed by atoms with Crippen LogP contribution in [0.25, 0.3) is 0 Å². The summed E-state index contributed by atoms with van der Waals surface area (Å²) < 4.78 is 0. The van der Waals surface area contributed by atoms with Crippen molar-refractivity contribution in [3.05, 3.63) is 70.7 Å². The molecule has 1 heterocycles. The summed E-state index contributed by atoms with van der Waals surface area (Å²) >= 11 is 6.13. The third-order valence-electron chi connectivity index (χ3n) is 4.80. The lowest BCUT2D eigenvalue weighted by Gasteiger charge is -2.22. The van der Waals surface area contributed by atoms with E-state index >= 15 is 0 Å². The number of nitrogens with zero attached hydrogens (tertiary/aromatic N) is 2. The minimum Gasteiger partial charge on any atom is -0.348 e. The number of hydrogen-bond acceptors (Lipinski definition) is 4. The van der Waals surface area contributed by atoms with E-state index in [4.69, 9.17) is 11.6 Å². The molecule has 2 atom stereocenters. The Labute approximate surface area is 173 Å². The monoisotopic (exact) mass is 413 g/mol. The second-order valence-corrected chi connectivity index (χ2v) is 7.15. The van der Waals surface area contributed by atoms with E-state index in [-0.39, 0.29) is 0 Å². The number of halogens is 1. The van der Waals surface area contributed by atoms with Gasteiger partial charge in [-0.2, -0.15) is 0 Å². The van der Waals surface area contributed by atoms with Crippen molar-refractivity contribution in [2.45, 2.75) is 25.9 Å². The average molecular weight is 414 g/mol. The number of urea groups is 1. The van der Waals surface area contributed by atoms with Crippen LogP contribution in [0.1, 0.15) is 37.1 Å². The van der Waals surface area contributed by atoms with E-state index in [1.807, 2.05) is 6.07 Å². The van der Waals surface area contributed by atoms with Crippen LogP contribution in [0.4, 0.5) is 4.79 Å². The molecule has 0 spiro atoms. The fourth-order valence-corrected chi connectivity index (χ4v) is 3.52. The van der Waals surface area contributed by atoms with Gasteiger partial charge in [-0.1, -0.05) is 60.1 Å². The molecule has 2 aromatic rings. The summed E-state index contributed by atoms with van der Waals surface area (Å²) in [6.45, 7) is 2.85. The van der Waals surface area contributed by atoms with Crippen molar-refractivity contribution in [2.24, 2.45) is 0 Å². The van der Waals surface area contributed by atoms with Crippen LogP contribution in [0.3, 0.4) is 0 Å². The molecule has 0 saturated carbocycles. The van der Waals surface area contributed by atoms with E-state index in [1.54, 1.807) is 62.4 Å². The SMILES string of the molecule is CC(NC(=O)CN1C(=O)C(=O)N(C(C)c2ccccc2)C1=O)c1ccccc1Cl. The first-order valence-corrected chi connectivity index (χ1v) is 9.46. The van der Waals surface area contributed by atoms with Gasteiger partial charge in [-0.3, -0.25) is 14.4 Å². The van der Waals surface area contributed by atoms with Crippen LogP contribution in [-0.4, -0.2) is 40.1 Å². The first-order chi connectivity index (χ1) is 13.8. The summed E-state index contributed by atoms with van der Waals surface area (Å²) in [6.07, 6.45) is 0. The predicted molar refractivity (Wildman–Crippen MR) is 107 cm³/mol. The van der Waals surface area contributed by atoms with Crippen LogP contribution in [-0.2, 0) is 14.4 Å². The van der Waals surface area contributed by atoms with Gasteiger partial charge in [-0.15, -0.1) is 0 Å². The van der Waals surface area contributed by atoms with E-state index in [1.165, 1.54) is 0 Å². The lowest BCUT2D eigenvalue weighted by molar-refractivity contribution is -0.144. The van der Waals surface area contributed by atoms with Gasteiger partial charge in [0.25, 0.3) is 0 Å². The summed E-state index contributed by atoms with van der Waals surface area (Å²) in [7, 11) is 0. The lowest BCUT2D eigenvalue weighted by atomic mass is 10.1. The summed E-state index contributed by atoms with van der Waals surface area (Å²) in [4.78, 5) is 51.3. The Morgan fingerprint density at radius 1 is 0.966 bits per heavy atom. The summed E-state index contributed by atoms with van der Waals surface area (Å²) in [5.74, 6) is -2.53. The van der Waals surface area contributed by atoms with E-state index in [0.29, 0.717) is 21.0 Å². The van der Waals surface area contributed by atoms with Crippen molar-refractivity contribution >= 4 is 35.4 Å². The standard InChI is InChI=1S/C21H20ClN3O4/c1-13(16-10-6-7-11-17(16)22)23-18(26)12-24-19(27)20(28)25(21(24)29)14(2)15-8-4-3-5-9-15/h3-11,13-14H,12H2,1-2H3,(H,23,26). The number of amides is 5. The summed E-state index contributed by atoms with van der Waals surface area (Å²) in [5, 5.41) is 3.19. The Balaban J connectivity index is 1.70. The van der Waals surface area contributed by atoms with Crippen LogP contribution in [0.5, 0.6) is 0 Å². The summed E-state index contributed by atoms with van der Waals surface area (Å²) in [5.41, 5.74) is 1.41. The van der Waals surface area contributed by atoms with Crippen molar-refractivity contribution in [3.63, 3.8) is 0 Å². The van der Waals surface area contributed by atoms with Gasteiger partial charge in [-0.25, -0.2) is 14.6 Å². The van der Waals surface area contributed by atoms with Gasteiger partial charge in [0.2, 0.25) is 5.91 Å². The molecule has 0 bridgehead atoms. The van der Waals surface area contributed by atoms with E-state index in [0.717, 1.165) is 4.90 Å². The average Bonchev–Trinajstić information content (AvgIpc) is 2.91. The molecule has 8 heteroatoms. The van der Waals surface area contributed by atoms with Crippen LogP contribution in [0, 0.1) is 0 Å². The molecule has 0 aliphatic carbocycles. The van der Waals surface area contributed by atoms with Gasteiger partial charge in [0.05, 0.1) is 12.1 Å². The number of hydrogen-bond donors (Lipinski definition) is 1. The zero-order chi connectivity index (χ0) is 21.1. The number of imide groups is 2. The zero-order valence-electron chi connectivity index (χ0n) is 16.0. The van der Waals surface area contributed by atoms with Crippen LogP contribution in [0.15, 0.2) is 54.6 Å². The maximum atomic E-state index is 12.7. The van der Waals surface area contributed by atoms with Crippen LogP contribution >= 0.6 is 11.6 Å². The fraction of sp³-hybridized carbons (Fsp3) is 0.238. The largest absolute Gasteiger partial charge is 0.348 e. The maximum absolute atomic E-state index is 12.7. The first-order valence-electron chi connectivity index (χ1n) is 9.09. The molecule has 150 valence electrons. The smallest absolute Gasteiger partial charge is 0.335 e. The third kappa shape index (κ3) is 4.14. The molecule has 7 nitrogen and oxygen atoms in total. The normalized spacial score (nSPS) is 16.2. The van der Waals surface area contributed by atoms with Gasteiger partial charge in [0.1, 0.15) is 6.54 Å². The van der Waals surface area contributed by atoms with Gasteiger partial charge in [0, 0.05) is 5.02 Å². The predicted octanol–water partition coefficient (Wildman–Crippen LogP) is 3.07. The highest BCUT2D eigenvalue weighted by Gasteiger charge is 2.47. The minimum absolute atomic E-state index is 0.431. The molecule has 1 N–H and O–H groups in total. The second kappa shape index (κ2) is 8.45.